The molecule has 2 rings (SSSR count). The molecule has 2 fully saturated rings. The highest BCUT2D eigenvalue weighted by Crippen LogP contribution is 2.44. The Morgan fingerprint density at radius 1 is 1.31 bits per heavy atom. The molecule has 2 aliphatic heterocycles. The Balaban J connectivity index is 2.12. The first-order valence-electron chi connectivity index (χ1n) is 6.82. The van der Waals surface area contributed by atoms with Crippen molar-refractivity contribution in [3.63, 3.8) is 0 Å². The average molecular weight is 224 g/mol. The van der Waals surface area contributed by atoms with Crippen molar-refractivity contribution in [2.24, 2.45) is 5.92 Å². The maximum absolute atomic E-state index is 3.81. The predicted octanol–water partition coefficient (Wildman–Crippen LogP) is 2.64. The number of nitrogens with one attached hydrogen (secondary N) is 1. The van der Waals surface area contributed by atoms with Crippen LogP contribution < -0.4 is 5.32 Å². The molecule has 0 aliphatic carbocycles. The molecule has 0 amide bonds. The molecule has 3 atom stereocenters. The fourth-order valence-corrected chi connectivity index (χ4v) is 3.83. The highest BCUT2D eigenvalue weighted by Gasteiger charge is 2.54. The normalized spacial score (nSPS) is 38.6. The van der Waals surface area contributed by atoms with Crippen molar-refractivity contribution < 1.29 is 0 Å². The predicted molar refractivity (Wildman–Crippen MR) is 69.6 cm³/mol. The molecule has 2 nitrogen and oxygen atoms in total. The van der Waals surface area contributed by atoms with E-state index in [1.165, 1.54) is 19.4 Å². The summed E-state index contributed by atoms with van der Waals surface area (Å²) in [5.74, 6) is 0.842. The summed E-state index contributed by atoms with van der Waals surface area (Å²) < 4.78 is 0. The van der Waals surface area contributed by atoms with Gasteiger partial charge in [-0.05, 0) is 47.5 Å². The largest absolute Gasteiger partial charge is 0.306 e. The number of piperidine rings is 1. The van der Waals surface area contributed by atoms with Crippen LogP contribution in [0, 0.1) is 5.92 Å². The van der Waals surface area contributed by atoms with Crippen molar-refractivity contribution in [2.45, 2.75) is 77.5 Å². The summed E-state index contributed by atoms with van der Waals surface area (Å²) in [6.45, 7) is 15.4. The van der Waals surface area contributed by atoms with Crippen LogP contribution in [0.5, 0.6) is 0 Å². The lowest BCUT2D eigenvalue weighted by Gasteiger charge is -2.63. The summed E-state index contributed by atoms with van der Waals surface area (Å²) in [6, 6.07) is 1.56. The fraction of sp³-hybridized carbons (Fsp3) is 1.00. The van der Waals surface area contributed by atoms with Crippen LogP contribution in [-0.4, -0.2) is 34.6 Å². The van der Waals surface area contributed by atoms with Crippen LogP contribution >= 0.6 is 0 Å². The first-order chi connectivity index (χ1) is 7.27. The molecule has 0 spiro atoms. The molecule has 0 bridgehead atoms. The second kappa shape index (κ2) is 3.71. The van der Waals surface area contributed by atoms with E-state index in [0.717, 1.165) is 18.0 Å². The molecule has 0 radical (unpaired) electrons. The van der Waals surface area contributed by atoms with Crippen LogP contribution in [0.15, 0.2) is 0 Å². The van der Waals surface area contributed by atoms with Crippen molar-refractivity contribution in [3.8, 4) is 0 Å². The molecule has 2 aliphatic rings. The summed E-state index contributed by atoms with van der Waals surface area (Å²) in [5.41, 5.74) is 0.590. The second-order valence-corrected chi connectivity index (χ2v) is 7.06. The molecule has 0 aromatic rings. The Kier molecular flexibility index (Phi) is 2.87. The van der Waals surface area contributed by atoms with E-state index >= 15 is 0 Å². The summed E-state index contributed by atoms with van der Waals surface area (Å²) in [4.78, 5) is 2.72. The Bertz CT molecular complexity index is 270. The van der Waals surface area contributed by atoms with Crippen molar-refractivity contribution in [3.05, 3.63) is 0 Å². The van der Waals surface area contributed by atoms with Gasteiger partial charge in [-0.2, -0.15) is 0 Å². The maximum atomic E-state index is 3.81. The van der Waals surface area contributed by atoms with E-state index in [4.69, 9.17) is 0 Å². The number of rotatable bonds is 2. The molecule has 2 heteroatoms. The molecule has 16 heavy (non-hydrogen) atoms. The molecule has 1 N–H and O–H groups in total. The van der Waals surface area contributed by atoms with Crippen LogP contribution in [0.4, 0.5) is 0 Å². The van der Waals surface area contributed by atoms with Gasteiger partial charge in [-0.15, -0.1) is 0 Å². The van der Waals surface area contributed by atoms with Gasteiger partial charge in [0.15, 0.2) is 0 Å². The van der Waals surface area contributed by atoms with E-state index in [-0.39, 0.29) is 5.54 Å². The highest BCUT2D eigenvalue weighted by molar-refractivity contribution is 5.12. The summed E-state index contributed by atoms with van der Waals surface area (Å²) in [6.07, 6.45) is 2.57. The van der Waals surface area contributed by atoms with E-state index in [0.29, 0.717) is 5.54 Å². The van der Waals surface area contributed by atoms with Crippen LogP contribution in [0.2, 0.25) is 0 Å². The summed E-state index contributed by atoms with van der Waals surface area (Å²) in [7, 11) is 0. The van der Waals surface area contributed by atoms with Crippen molar-refractivity contribution in [2.75, 3.05) is 6.54 Å². The lowest BCUT2D eigenvalue weighted by molar-refractivity contribution is -0.106. The smallest absolute Gasteiger partial charge is 0.0185 e. The lowest BCUT2D eigenvalue weighted by atomic mass is 9.65. The van der Waals surface area contributed by atoms with Gasteiger partial charge in [0, 0.05) is 35.6 Å². The molecule has 94 valence electrons. The minimum absolute atomic E-state index is 0.288. The zero-order valence-corrected chi connectivity index (χ0v) is 11.8. The van der Waals surface area contributed by atoms with Crippen LogP contribution in [0.3, 0.4) is 0 Å². The number of hydrogen-bond donors (Lipinski definition) is 1. The van der Waals surface area contributed by atoms with Gasteiger partial charge in [-0.25, -0.2) is 0 Å². The van der Waals surface area contributed by atoms with E-state index in [1.54, 1.807) is 0 Å². The summed E-state index contributed by atoms with van der Waals surface area (Å²) >= 11 is 0. The minimum Gasteiger partial charge on any atom is -0.306 e. The van der Waals surface area contributed by atoms with Crippen molar-refractivity contribution in [1.29, 1.82) is 0 Å². The first-order valence-corrected chi connectivity index (χ1v) is 6.82. The molecule has 0 aromatic heterocycles. The van der Waals surface area contributed by atoms with Gasteiger partial charge in [0.1, 0.15) is 0 Å². The zero-order valence-electron chi connectivity index (χ0n) is 11.8. The van der Waals surface area contributed by atoms with Crippen LogP contribution in [-0.2, 0) is 0 Å². The molecular weight excluding hydrogens is 196 g/mol. The number of fused-ring (bicyclic) bond motifs is 1. The van der Waals surface area contributed by atoms with Crippen molar-refractivity contribution in [1.82, 2.24) is 10.2 Å². The Hall–Kier alpha value is -0.0800. The van der Waals surface area contributed by atoms with Gasteiger partial charge in [-0.1, -0.05) is 6.92 Å². The zero-order chi connectivity index (χ0) is 12.1. The topological polar surface area (TPSA) is 15.3 Å². The quantitative estimate of drug-likeness (QED) is 0.776. The molecule has 2 unspecified atom stereocenters. The van der Waals surface area contributed by atoms with E-state index < -0.39 is 0 Å². The first kappa shape index (κ1) is 12.4. The van der Waals surface area contributed by atoms with E-state index in [1.807, 2.05) is 0 Å². The number of hydrogen-bond acceptors (Lipinski definition) is 2. The SMILES string of the molecule is CCC(C)N1C[C@@H]2C1CC(C)(C)NC2(C)C. The Morgan fingerprint density at radius 2 is 1.94 bits per heavy atom. The summed E-state index contributed by atoms with van der Waals surface area (Å²) in [5, 5.41) is 3.81. The molecular formula is C14H28N2. The third-order valence-corrected chi connectivity index (χ3v) is 4.76. The van der Waals surface area contributed by atoms with Crippen LogP contribution in [0.25, 0.3) is 0 Å². The van der Waals surface area contributed by atoms with Gasteiger partial charge >= 0.3 is 0 Å². The van der Waals surface area contributed by atoms with Gasteiger partial charge in [0.2, 0.25) is 0 Å². The Morgan fingerprint density at radius 3 is 2.50 bits per heavy atom. The average Bonchev–Trinajstić information content (AvgIpc) is 2.08. The van der Waals surface area contributed by atoms with Crippen molar-refractivity contribution >= 4 is 0 Å². The van der Waals surface area contributed by atoms with Gasteiger partial charge in [0.25, 0.3) is 0 Å². The second-order valence-electron chi connectivity index (χ2n) is 7.06. The maximum Gasteiger partial charge on any atom is 0.0185 e. The third kappa shape index (κ3) is 1.91. The van der Waals surface area contributed by atoms with Gasteiger partial charge in [-0.3, -0.25) is 4.90 Å². The van der Waals surface area contributed by atoms with E-state index in [2.05, 4.69) is 51.8 Å². The fourth-order valence-electron chi connectivity index (χ4n) is 3.83. The standard InChI is InChI=1S/C14H28N2/c1-7-10(2)16-9-11-12(16)8-13(3,4)15-14(11,5)6/h10-12,15H,7-9H2,1-6H3/t10?,11-,12?/m1/s1. The highest BCUT2D eigenvalue weighted by atomic mass is 15.3. The molecule has 0 saturated carbocycles. The molecule has 2 saturated heterocycles. The number of likely N-dealkylation sites (tertiary alicyclic amines) is 1. The van der Waals surface area contributed by atoms with Gasteiger partial charge in [0.05, 0.1) is 0 Å². The lowest BCUT2D eigenvalue weighted by Crippen LogP contribution is -2.76. The molecule has 2 heterocycles. The van der Waals surface area contributed by atoms with Gasteiger partial charge < -0.3 is 5.32 Å². The number of nitrogens with zero attached hydrogens (tertiary/aromatic N) is 1. The van der Waals surface area contributed by atoms with E-state index in [9.17, 15) is 0 Å². The Labute approximate surface area is 101 Å². The van der Waals surface area contributed by atoms with Crippen LogP contribution in [0.1, 0.15) is 54.4 Å². The third-order valence-electron chi connectivity index (χ3n) is 4.76. The minimum atomic E-state index is 0.288. The molecule has 0 aromatic carbocycles. The monoisotopic (exact) mass is 224 g/mol.